The molecule has 1 heterocycles. The average molecular weight is 285 g/mol. The summed E-state index contributed by atoms with van der Waals surface area (Å²) in [6.45, 7) is 1.53. The number of pyridine rings is 1. The van der Waals surface area contributed by atoms with Gasteiger partial charge in [-0.1, -0.05) is 18.2 Å². The van der Waals surface area contributed by atoms with Crippen molar-refractivity contribution in [3.05, 3.63) is 69.4 Å². The fourth-order valence-corrected chi connectivity index (χ4v) is 1.71. The summed E-state index contributed by atoms with van der Waals surface area (Å²) in [5, 5.41) is 12.9. The van der Waals surface area contributed by atoms with Crippen LogP contribution in [0, 0.1) is 17.0 Å². The smallest absolute Gasteiger partial charge is 0.358 e. The predicted molar refractivity (Wildman–Crippen MR) is 73.9 cm³/mol. The quantitative estimate of drug-likeness (QED) is 0.527. The summed E-state index contributed by atoms with van der Waals surface area (Å²) in [7, 11) is 0. The van der Waals surface area contributed by atoms with E-state index in [1.54, 1.807) is 30.3 Å². The molecule has 0 saturated heterocycles. The van der Waals surface area contributed by atoms with Crippen molar-refractivity contribution < 1.29 is 14.5 Å². The van der Waals surface area contributed by atoms with Crippen LogP contribution >= 0.6 is 0 Å². The van der Waals surface area contributed by atoms with Gasteiger partial charge in [-0.15, -0.1) is 0 Å². The van der Waals surface area contributed by atoms with Crippen LogP contribution in [0.15, 0.2) is 42.5 Å². The van der Waals surface area contributed by atoms with E-state index in [0.29, 0.717) is 11.3 Å². The number of carbonyl (C=O) groups excluding carboxylic acids is 2. The lowest BCUT2D eigenvalue weighted by Gasteiger charge is -2.04. The van der Waals surface area contributed by atoms with Gasteiger partial charge in [0, 0.05) is 18.6 Å². The minimum absolute atomic E-state index is 0.0125. The normalized spacial score (nSPS) is 9.95. The summed E-state index contributed by atoms with van der Waals surface area (Å²) in [5.74, 6) is -1.72. The van der Waals surface area contributed by atoms with Crippen molar-refractivity contribution in [3.8, 4) is 0 Å². The highest BCUT2D eigenvalue weighted by atomic mass is 16.6. The molecule has 2 aromatic rings. The minimum atomic E-state index is -0.711. The lowest BCUT2D eigenvalue weighted by atomic mass is 10.2. The molecule has 7 heteroatoms. The molecule has 0 fully saturated rings. The molecule has 0 unspecified atom stereocenters. The highest BCUT2D eigenvalue weighted by Gasteiger charge is 2.17. The molecule has 0 saturated carbocycles. The van der Waals surface area contributed by atoms with E-state index >= 15 is 0 Å². The molecular formula is C14H11N3O4. The summed E-state index contributed by atoms with van der Waals surface area (Å²) < 4.78 is 0. The number of aryl methyl sites for hydroxylation is 1. The topological polar surface area (TPSA) is 102 Å². The molecule has 0 radical (unpaired) electrons. The molecule has 1 aromatic carbocycles. The van der Waals surface area contributed by atoms with Gasteiger partial charge < -0.3 is 10.1 Å². The van der Waals surface area contributed by atoms with Crippen LogP contribution in [-0.4, -0.2) is 21.7 Å². The zero-order valence-corrected chi connectivity index (χ0v) is 11.1. The van der Waals surface area contributed by atoms with Crippen LogP contribution in [0.25, 0.3) is 0 Å². The number of nitrogens with zero attached hydrogens (tertiary/aromatic N) is 2. The van der Waals surface area contributed by atoms with Crippen molar-refractivity contribution in [2.45, 2.75) is 6.92 Å². The van der Waals surface area contributed by atoms with Gasteiger partial charge in [0.1, 0.15) is 0 Å². The molecule has 2 amide bonds. The van der Waals surface area contributed by atoms with Gasteiger partial charge in [-0.05, 0) is 28.1 Å². The van der Waals surface area contributed by atoms with Crippen molar-refractivity contribution in [3.63, 3.8) is 0 Å². The molecule has 1 N–H and O–H groups in total. The average Bonchev–Trinajstić information content (AvgIpc) is 2.47. The maximum atomic E-state index is 12.0. The summed E-state index contributed by atoms with van der Waals surface area (Å²) in [5.41, 5.74) is 0.658. The molecule has 0 aliphatic heterocycles. The molecule has 0 bridgehead atoms. The zero-order chi connectivity index (χ0) is 15.4. The van der Waals surface area contributed by atoms with Crippen molar-refractivity contribution in [2.24, 2.45) is 0 Å². The van der Waals surface area contributed by atoms with Crippen LogP contribution in [-0.2, 0) is 0 Å². The molecule has 0 atom stereocenters. The van der Waals surface area contributed by atoms with Crippen LogP contribution in [0.5, 0.6) is 0 Å². The molecule has 21 heavy (non-hydrogen) atoms. The first kappa shape index (κ1) is 14.3. The number of rotatable bonds is 3. The Labute approximate surface area is 119 Å². The van der Waals surface area contributed by atoms with Crippen LogP contribution in [0.3, 0.4) is 0 Å². The molecule has 7 nitrogen and oxygen atoms in total. The molecule has 0 aliphatic rings. The van der Waals surface area contributed by atoms with Crippen molar-refractivity contribution in [1.82, 2.24) is 10.3 Å². The van der Waals surface area contributed by atoms with E-state index in [2.05, 4.69) is 10.3 Å². The third-order valence-corrected chi connectivity index (χ3v) is 2.65. The maximum Gasteiger partial charge on any atom is 0.364 e. The number of benzene rings is 1. The molecule has 0 aliphatic carbocycles. The van der Waals surface area contributed by atoms with E-state index in [1.807, 2.05) is 0 Å². The van der Waals surface area contributed by atoms with Crippen LogP contribution in [0.4, 0.5) is 5.82 Å². The second-order valence-corrected chi connectivity index (χ2v) is 4.26. The largest absolute Gasteiger partial charge is 0.364 e. The Balaban J connectivity index is 2.21. The number of nitro groups is 1. The first-order chi connectivity index (χ1) is 9.97. The Bertz CT molecular complexity index is 713. The molecule has 106 valence electrons. The predicted octanol–water partition coefficient (Wildman–Crippen LogP) is 1.87. The van der Waals surface area contributed by atoms with Crippen LogP contribution < -0.4 is 5.32 Å². The standard InChI is InChI=1S/C14H11N3O4/c1-9-7-11(8-12(15-9)17(20)21)14(19)16-13(18)10-5-3-2-4-6-10/h2-8H,1H3,(H,16,18,19). The third-order valence-electron chi connectivity index (χ3n) is 2.65. The number of imide groups is 1. The Morgan fingerprint density at radius 1 is 1.10 bits per heavy atom. The molecule has 0 spiro atoms. The van der Waals surface area contributed by atoms with Gasteiger partial charge in [-0.25, -0.2) is 0 Å². The number of hydrogen-bond donors (Lipinski definition) is 1. The first-order valence-electron chi connectivity index (χ1n) is 6.01. The number of aromatic nitrogens is 1. The SMILES string of the molecule is Cc1cc(C(=O)NC(=O)c2ccccc2)cc([N+](=O)[O-])n1. The van der Waals surface area contributed by atoms with Gasteiger partial charge in [-0.2, -0.15) is 0 Å². The van der Waals surface area contributed by atoms with Gasteiger partial charge in [-0.3, -0.25) is 14.9 Å². The second kappa shape index (κ2) is 5.91. The maximum absolute atomic E-state index is 12.0. The number of nitrogens with one attached hydrogen (secondary N) is 1. The number of amides is 2. The lowest BCUT2D eigenvalue weighted by molar-refractivity contribution is -0.389. The second-order valence-electron chi connectivity index (χ2n) is 4.26. The van der Waals surface area contributed by atoms with Gasteiger partial charge in [0.2, 0.25) is 0 Å². The highest BCUT2D eigenvalue weighted by Crippen LogP contribution is 2.12. The third kappa shape index (κ3) is 3.47. The van der Waals surface area contributed by atoms with Crippen LogP contribution in [0.1, 0.15) is 26.4 Å². The summed E-state index contributed by atoms with van der Waals surface area (Å²) in [6.07, 6.45) is 0. The minimum Gasteiger partial charge on any atom is -0.358 e. The van der Waals surface area contributed by atoms with E-state index in [1.165, 1.54) is 13.0 Å². The first-order valence-corrected chi connectivity index (χ1v) is 6.01. The van der Waals surface area contributed by atoms with Crippen LogP contribution in [0.2, 0.25) is 0 Å². The summed E-state index contributed by atoms with van der Waals surface area (Å²) >= 11 is 0. The Morgan fingerprint density at radius 3 is 2.33 bits per heavy atom. The summed E-state index contributed by atoms with van der Waals surface area (Å²) in [6, 6.07) is 10.6. The molecular weight excluding hydrogens is 274 g/mol. The van der Waals surface area contributed by atoms with Gasteiger partial charge in [0.25, 0.3) is 11.8 Å². The van der Waals surface area contributed by atoms with Gasteiger partial charge >= 0.3 is 5.82 Å². The Kier molecular flexibility index (Phi) is 4.03. The molecule has 2 rings (SSSR count). The van der Waals surface area contributed by atoms with Crippen molar-refractivity contribution >= 4 is 17.6 Å². The summed E-state index contributed by atoms with van der Waals surface area (Å²) in [4.78, 5) is 37.5. The van der Waals surface area contributed by atoms with E-state index < -0.39 is 22.6 Å². The zero-order valence-electron chi connectivity index (χ0n) is 11.1. The van der Waals surface area contributed by atoms with Crippen molar-refractivity contribution in [2.75, 3.05) is 0 Å². The van der Waals surface area contributed by atoms with Gasteiger partial charge in [0.05, 0.1) is 5.56 Å². The monoisotopic (exact) mass is 285 g/mol. The van der Waals surface area contributed by atoms with Gasteiger partial charge in [0.15, 0.2) is 5.69 Å². The van der Waals surface area contributed by atoms with E-state index in [-0.39, 0.29) is 5.56 Å². The number of hydrogen-bond acceptors (Lipinski definition) is 5. The fourth-order valence-electron chi connectivity index (χ4n) is 1.71. The Morgan fingerprint density at radius 2 is 1.71 bits per heavy atom. The lowest BCUT2D eigenvalue weighted by Crippen LogP contribution is -2.30. The van der Waals surface area contributed by atoms with E-state index in [4.69, 9.17) is 0 Å². The van der Waals surface area contributed by atoms with E-state index in [0.717, 1.165) is 6.07 Å². The molecule has 1 aromatic heterocycles. The van der Waals surface area contributed by atoms with Crippen molar-refractivity contribution in [1.29, 1.82) is 0 Å². The van der Waals surface area contributed by atoms with E-state index in [9.17, 15) is 19.7 Å². The number of carbonyl (C=O) groups is 2. The fraction of sp³-hybridized carbons (Fsp3) is 0.0714. The Hall–Kier alpha value is -3.09. The highest BCUT2D eigenvalue weighted by molar-refractivity contribution is 6.10.